The average Bonchev–Trinajstić information content (AvgIpc) is 2.63. The summed E-state index contributed by atoms with van der Waals surface area (Å²) in [7, 11) is 0. The zero-order valence-corrected chi connectivity index (χ0v) is 16.5. The van der Waals surface area contributed by atoms with E-state index in [1.807, 2.05) is 19.9 Å². The van der Waals surface area contributed by atoms with Crippen molar-refractivity contribution in [1.29, 1.82) is 0 Å². The molecule has 146 valence electrons. The number of hydrogen-bond acceptors (Lipinski definition) is 4. The minimum Gasteiger partial charge on any atom is -0.493 e. The normalized spacial score (nSPS) is 11.6. The maximum Gasteiger partial charge on any atom is 0.335 e. The SMILES string of the molecule is CC[NH+](CC)CCCN=Cc1c(O)n(-c2cccc(C)c2C)c(=O)[nH]c1=O. The lowest BCUT2D eigenvalue weighted by molar-refractivity contribution is -0.896. The predicted molar refractivity (Wildman–Crippen MR) is 108 cm³/mol. The van der Waals surface area contributed by atoms with Crippen molar-refractivity contribution in [1.82, 2.24) is 9.55 Å². The van der Waals surface area contributed by atoms with E-state index in [4.69, 9.17) is 0 Å². The third kappa shape index (κ3) is 4.74. The van der Waals surface area contributed by atoms with Crippen LogP contribution in [0.3, 0.4) is 0 Å². The van der Waals surface area contributed by atoms with Gasteiger partial charge in [-0.1, -0.05) is 12.1 Å². The molecule has 0 aliphatic carbocycles. The Morgan fingerprint density at radius 2 is 1.93 bits per heavy atom. The molecule has 0 atom stereocenters. The van der Waals surface area contributed by atoms with Crippen molar-refractivity contribution >= 4 is 6.21 Å². The molecular weight excluding hydrogens is 344 g/mol. The van der Waals surface area contributed by atoms with E-state index in [9.17, 15) is 14.7 Å². The second-order valence-electron chi connectivity index (χ2n) is 6.65. The quantitative estimate of drug-likeness (QED) is 0.467. The molecule has 7 nitrogen and oxygen atoms in total. The number of aromatic nitrogens is 2. The summed E-state index contributed by atoms with van der Waals surface area (Å²) in [6.45, 7) is 11.8. The van der Waals surface area contributed by atoms with Gasteiger partial charge < -0.3 is 10.0 Å². The predicted octanol–water partition coefficient (Wildman–Crippen LogP) is 0.582. The van der Waals surface area contributed by atoms with Gasteiger partial charge in [0.05, 0.1) is 25.3 Å². The Bertz CT molecular complexity index is 924. The molecule has 0 fully saturated rings. The first-order chi connectivity index (χ1) is 12.9. The van der Waals surface area contributed by atoms with E-state index < -0.39 is 17.1 Å². The van der Waals surface area contributed by atoms with Crippen LogP contribution >= 0.6 is 0 Å². The first-order valence-corrected chi connectivity index (χ1v) is 9.38. The number of benzene rings is 1. The van der Waals surface area contributed by atoms with Gasteiger partial charge in [0.1, 0.15) is 5.56 Å². The lowest BCUT2D eigenvalue weighted by Crippen LogP contribution is -3.11. The van der Waals surface area contributed by atoms with Crippen LogP contribution in [0.1, 0.15) is 37.0 Å². The fraction of sp³-hybridized carbons (Fsp3) is 0.450. The number of aromatic hydroxyl groups is 1. The average molecular weight is 373 g/mol. The largest absolute Gasteiger partial charge is 0.493 e. The van der Waals surface area contributed by atoms with E-state index in [0.717, 1.165) is 41.7 Å². The summed E-state index contributed by atoms with van der Waals surface area (Å²) in [5, 5.41) is 10.6. The number of H-pyrrole nitrogens is 1. The van der Waals surface area contributed by atoms with Gasteiger partial charge in [-0.2, -0.15) is 0 Å². The van der Waals surface area contributed by atoms with E-state index in [1.165, 1.54) is 11.1 Å². The number of quaternary nitrogens is 1. The number of nitrogens with one attached hydrogen (secondary N) is 2. The number of nitrogens with zero attached hydrogens (tertiary/aromatic N) is 2. The van der Waals surface area contributed by atoms with Gasteiger partial charge in [-0.25, -0.2) is 9.36 Å². The van der Waals surface area contributed by atoms with E-state index in [2.05, 4.69) is 23.8 Å². The Balaban J connectivity index is 2.31. The van der Waals surface area contributed by atoms with E-state index >= 15 is 0 Å². The fourth-order valence-corrected chi connectivity index (χ4v) is 3.04. The van der Waals surface area contributed by atoms with Crippen molar-refractivity contribution in [2.45, 2.75) is 34.1 Å². The molecule has 0 spiro atoms. The van der Waals surface area contributed by atoms with Crippen molar-refractivity contribution in [3.05, 3.63) is 55.7 Å². The number of aryl methyl sites for hydroxylation is 1. The zero-order chi connectivity index (χ0) is 20.0. The third-order valence-electron chi connectivity index (χ3n) is 4.98. The summed E-state index contributed by atoms with van der Waals surface area (Å²) >= 11 is 0. The van der Waals surface area contributed by atoms with Crippen molar-refractivity contribution < 1.29 is 10.0 Å². The molecule has 0 bridgehead atoms. The zero-order valence-electron chi connectivity index (χ0n) is 16.5. The van der Waals surface area contributed by atoms with Gasteiger partial charge in [0, 0.05) is 19.2 Å². The Morgan fingerprint density at radius 3 is 2.59 bits per heavy atom. The highest BCUT2D eigenvalue weighted by Crippen LogP contribution is 2.20. The van der Waals surface area contributed by atoms with E-state index in [1.54, 1.807) is 12.1 Å². The van der Waals surface area contributed by atoms with Crippen LogP contribution in [0.4, 0.5) is 0 Å². The molecule has 3 N–H and O–H groups in total. The molecule has 0 amide bonds. The molecular formula is C20H29N4O3+. The van der Waals surface area contributed by atoms with Gasteiger partial charge in [0.2, 0.25) is 5.88 Å². The standard InChI is InChI=1S/C20H28N4O3/c1-5-23(6-2)12-8-11-21-13-16-18(25)22-20(27)24(19(16)26)17-10-7-9-14(3)15(17)4/h7,9-10,13,26H,5-6,8,11-12H2,1-4H3,(H,22,25,27)/p+1. The maximum atomic E-state index is 12.3. The summed E-state index contributed by atoms with van der Waals surface area (Å²) in [5.41, 5.74) is 1.05. The monoisotopic (exact) mass is 373 g/mol. The molecule has 0 radical (unpaired) electrons. The highest BCUT2D eigenvalue weighted by Gasteiger charge is 2.16. The lowest BCUT2D eigenvalue weighted by Gasteiger charge is -2.14. The summed E-state index contributed by atoms with van der Waals surface area (Å²) in [6.07, 6.45) is 2.25. The number of aliphatic imine (C=N–C) groups is 1. The second kappa shape index (κ2) is 9.32. The summed E-state index contributed by atoms with van der Waals surface area (Å²) in [4.78, 5) is 32.5. The molecule has 1 aromatic carbocycles. The Kier molecular flexibility index (Phi) is 7.12. The van der Waals surface area contributed by atoms with Crippen molar-refractivity contribution in [2.75, 3.05) is 26.2 Å². The van der Waals surface area contributed by atoms with Crippen LogP contribution in [0.2, 0.25) is 0 Å². The number of rotatable bonds is 8. The molecule has 0 saturated heterocycles. The summed E-state index contributed by atoms with van der Waals surface area (Å²) < 4.78 is 1.12. The van der Waals surface area contributed by atoms with Crippen LogP contribution in [0.5, 0.6) is 5.88 Å². The molecule has 2 rings (SSSR count). The Hall–Kier alpha value is -2.67. The van der Waals surface area contributed by atoms with Crippen LogP contribution in [-0.4, -0.2) is 47.1 Å². The molecule has 0 unspecified atom stereocenters. The minimum atomic E-state index is -0.673. The third-order valence-corrected chi connectivity index (χ3v) is 4.98. The smallest absolute Gasteiger partial charge is 0.335 e. The molecule has 27 heavy (non-hydrogen) atoms. The highest BCUT2D eigenvalue weighted by molar-refractivity contribution is 5.82. The van der Waals surface area contributed by atoms with Gasteiger partial charge in [-0.15, -0.1) is 0 Å². The maximum absolute atomic E-state index is 12.3. The van der Waals surface area contributed by atoms with E-state index in [-0.39, 0.29) is 5.56 Å². The Morgan fingerprint density at radius 1 is 1.22 bits per heavy atom. The molecule has 2 aromatic rings. The van der Waals surface area contributed by atoms with Gasteiger partial charge in [0.25, 0.3) is 5.56 Å². The topological polar surface area (TPSA) is 91.9 Å². The van der Waals surface area contributed by atoms with Crippen molar-refractivity contribution in [2.24, 2.45) is 4.99 Å². The summed E-state index contributed by atoms with van der Waals surface area (Å²) in [5.74, 6) is -0.393. The van der Waals surface area contributed by atoms with Crippen molar-refractivity contribution in [3.63, 3.8) is 0 Å². The molecule has 7 heteroatoms. The Labute approximate surface area is 159 Å². The van der Waals surface area contributed by atoms with Crippen LogP contribution in [0.25, 0.3) is 5.69 Å². The first-order valence-electron chi connectivity index (χ1n) is 9.38. The van der Waals surface area contributed by atoms with E-state index in [0.29, 0.717) is 12.2 Å². The second-order valence-corrected chi connectivity index (χ2v) is 6.65. The number of hydrogen-bond donors (Lipinski definition) is 3. The molecule has 0 aliphatic heterocycles. The molecule has 1 aromatic heterocycles. The van der Waals surface area contributed by atoms with Gasteiger partial charge in [-0.3, -0.25) is 14.8 Å². The minimum absolute atomic E-state index is 0.00862. The van der Waals surface area contributed by atoms with Gasteiger partial charge in [0.15, 0.2) is 0 Å². The van der Waals surface area contributed by atoms with Crippen LogP contribution in [0, 0.1) is 13.8 Å². The van der Waals surface area contributed by atoms with Gasteiger partial charge >= 0.3 is 5.69 Å². The molecule has 0 aliphatic rings. The van der Waals surface area contributed by atoms with Gasteiger partial charge in [-0.05, 0) is 44.9 Å². The summed E-state index contributed by atoms with van der Waals surface area (Å²) in [6, 6.07) is 5.46. The fourth-order valence-electron chi connectivity index (χ4n) is 3.04. The van der Waals surface area contributed by atoms with Crippen molar-refractivity contribution in [3.8, 4) is 11.6 Å². The first kappa shape index (κ1) is 20.6. The lowest BCUT2D eigenvalue weighted by atomic mass is 10.1. The highest BCUT2D eigenvalue weighted by atomic mass is 16.3. The molecule has 0 saturated carbocycles. The van der Waals surface area contributed by atoms with Crippen LogP contribution in [0.15, 0.2) is 32.8 Å². The number of aromatic amines is 1. The van der Waals surface area contributed by atoms with Crippen LogP contribution in [-0.2, 0) is 0 Å². The van der Waals surface area contributed by atoms with Crippen LogP contribution < -0.4 is 16.1 Å². The molecule has 1 heterocycles.